The molecule has 140 valence electrons. The van der Waals surface area contributed by atoms with Crippen LogP contribution in [0.1, 0.15) is 11.1 Å². The number of fused-ring (bicyclic) bond motifs is 1. The minimum absolute atomic E-state index is 0.0953. The van der Waals surface area contributed by atoms with Crippen LogP contribution in [0.3, 0.4) is 0 Å². The molecule has 2 aromatic rings. The van der Waals surface area contributed by atoms with Crippen molar-refractivity contribution in [3.63, 3.8) is 0 Å². The maximum Gasteiger partial charge on any atom is 0.416 e. The predicted molar refractivity (Wildman–Crippen MR) is 90.0 cm³/mol. The molecule has 0 spiro atoms. The summed E-state index contributed by atoms with van der Waals surface area (Å²) < 4.78 is 75.2. The highest BCUT2D eigenvalue weighted by Gasteiger charge is 2.29. The quantitative estimate of drug-likeness (QED) is 0.853. The first-order valence-corrected chi connectivity index (χ1v) is 9.44. The van der Waals surface area contributed by atoms with Crippen molar-refractivity contribution in [3.8, 4) is 11.5 Å². The van der Waals surface area contributed by atoms with Gasteiger partial charge in [-0.15, -0.1) is 0 Å². The van der Waals surface area contributed by atoms with Gasteiger partial charge >= 0.3 is 6.18 Å². The molecule has 1 aliphatic rings. The summed E-state index contributed by atoms with van der Waals surface area (Å²) in [5.41, 5.74) is 0.0747. The SMILES string of the molecule is O=S(=O)(CCc1ccc(C(F)(F)F)cc1)Nc1ccc2c(c1)OCCO2. The summed E-state index contributed by atoms with van der Waals surface area (Å²) in [6, 6.07) is 9.15. The van der Waals surface area contributed by atoms with Crippen molar-refractivity contribution in [1.29, 1.82) is 0 Å². The lowest BCUT2D eigenvalue weighted by Crippen LogP contribution is -2.19. The van der Waals surface area contributed by atoms with Gasteiger partial charge in [0, 0.05) is 6.07 Å². The normalized spacial score (nSPS) is 14.1. The maximum atomic E-state index is 12.5. The standard InChI is InChI=1S/C17H16F3NO4S/c18-17(19,20)13-3-1-12(2-4-13)7-10-26(22,23)21-14-5-6-15-16(11-14)25-9-8-24-15/h1-6,11,21H,7-10H2. The molecule has 0 atom stereocenters. The van der Waals surface area contributed by atoms with Crippen molar-refractivity contribution < 1.29 is 31.1 Å². The fraction of sp³-hybridized carbons (Fsp3) is 0.294. The fourth-order valence-corrected chi connectivity index (χ4v) is 3.54. The number of alkyl halides is 3. The van der Waals surface area contributed by atoms with Gasteiger partial charge in [-0.2, -0.15) is 13.2 Å². The second kappa shape index (κ2) is 7.06. The second-order valence-electron chi connectivity index (χ2n) is 5.72. The molecule has 0 fully saturated rings. The van der Waals surface area contributed by atoms with E-state index in [0.29, 0.717) is 36.0 Å². The zero-order valence-electron chi connectivity index (χ0n) is 13.5. The average molecular weight is 387 g/mol. The zero-order valence-corrected chi connectivity index (χ0v) is 14.4. The Kier molecular flexibility index (Phi) is 4.99. The van der Waals surface area contributed by atoms with Gasteiger partial charge in [-0.05, 0) is 36.2 Å². The number of nitrogens with one attached hydrogen (secondary N) is 1. The molecule has 1 heterocycles. The van der Waals surface area contributed by atoms with E-state index in [4.69, 9.17) is 9.47 Å². The molecule has 26 heavy (non-hydrogen) atoms. The molecule has 0 saturated carbocycles. The van der Waals surface area contributed by atoms with Crippen molar-refractivity contribution in [2.75, 3.05) is 23.7 Å². The minimum atomic E-state index is -4.41. The van der Waals surface area contributed by atoms with E-state index < -0.39 is 21.8 Å². The maximum absolute atomic E-state index is 12.5. The Morgan fingerprint density at radius 2 is 1.62 bits per heavy atom. The molecule has 0 bridgehead atoms. The Balaban J connectivity index is 1.62. The van der Waals surface area contributed by atoms with Crippen molar-refractivity contribution in [1.82, 2.24) is 0 Å². The molecule has 0 radical (unpaired) electrons. The van der Waals surface area contributed by atoms with E-state index in [-0.39, 0.29) is 12.2 Å². The van der Waals surface area contributed by atoms with E-state index in [1.54, 1.807) is 12.1 Å². The molecular formula is C17H16F3NO4S. The van der Waals surface area contributed by atoms with Crippen LogP contribution in [-0.4, -0.2) is 27.4 Å². The fourth-order valence-electron chi connectivity index (χ4n) is 2.45. The van der Waals surface area contributed by atoms with Gasteiger partial charge in [-0.1, -0.05) is 12.1 Å². The highest BCUT2D eigenvalue weighted by Crippen LogP contribution is 2.33. The van der Waals surface area contributed by atoms with Gasteiger partial charge < -0.3 is 9.47 Å². The van der Waals surface area contributed by atoms with Crippen LogP contribution < -0.4 is 14.2 Å². The number of anilines is 1. The molecule has 1 aliphatic heterocycles. The summed E-state index contributed by atoms with van der Waals surface area (Å²) >= 11 is 0. The molecule has 0 amide bonds. The van der Waals surface area contributed by atoms with Crippen LogP contribution in [0.4, 0.5) is 18.9 Å². The lowest BCUT2D eigenvalue weighted by molar-refractivity contribution is -0.137. The summed E-state index contributed by atoms with van der Waals surface area (Å²) in [5.74, 6) is 0.746. The zero-order chi connectivity index (χ0) is 18.8. The lowest BCUT2D eigenvalue weighted by Gasteiger charge is -2.19. The molecule has 3 rings (SSSR count). The van der Waals surface area contributed by atoms with E-state index in [1.165, 1.54) is 18.2 Å². The van der Waals surface area contributed by atoms with E-state index in [2.05, 4.69) is 4.72 Å². The average Bonchev–Trinajstić information content (AvgIpc) is 2.59. The first kappa shape index (κ1) is 18.4. The van der Waals surface area contributed by atoms with E-state index in [9.17, 15) is 21.6 Å². The Morgan fingerprint density at radius 1 is 0.962 bits per heavy atom. The summed E-state index contributed by atoms with van der Waals surface area (Å²) in [4.78, 5) is 0. The summed E-state index contributed by atoms with van der Waals surface area (Å²) in [6.07, 6.45) is -4.32. The van der Waals surface area contributed by atoms with Crippen LogP contribution in [0.15, 0.2) is 42.5 Å². The van der Waals surface area contributed by atoms with Crippen LogP contribution in [0, 0.1) is 0 Å². The Labute approximate surface area is 148 Å². The van der Waals surface area contributed by atoms with Gasteiger partial charge in [0.05, 0.1) is 17.0 Å². The third-order valence-corrected chi connectivity index (χ3v) is 5.04. The first-order chi connectivity index (χ1) is 12.2. The number of hydrogen-bond donors (Lipinski definition) is 1. The van der Waals surface area contributed by atoms with Crippen LogP contribution in [-0.2, 0) is 22.6 Å². The third kappa shape index (κ3) is 4.60. The van der Waals surface area contributed by atoms with Crippen LogP contribution in [0.25, 0.3) is 0 Å². The van der Waals surface area contributed by atoms with Gasteiger partial charge in [0.2, 0.25) is 10.0 Å². The minimum Gasteiger partial charge on any atom is -0.486 e. The van der Waals surface area contributed by atoms with Gasteiger partial charge in [-0.25, -0.2) is 8.42 Å². The number of aryl methyl sites for hydroxylation is 1. The molecule has 1 N–H and O–H groups in total. The highest BCUT2D eigenvalue weighted by molar-refractivity contribution is 7.92. The van der Waals surface area contributed by atoms with Gasteiger partial charge in [-0.3, -0.25) is 4.72 Å². The Bertz CT molecular complexity index is 880. The number of ether oxygens (including phenoxy) is 2. The first-order valence-electron chi connectivity index (χ1n) is 7.79. The number of hydrogen-bond acceptors (Lipinski definition) is 4. The van der Waals surface area contributed by atoms with Crippen LogP contribution in [0.2, 0.25) is 0 Å². The summed E-state index contributed by atoms with van der Waals surface area (Å²) in [7, 11) is -3.67. The van der Waals surface area contributed by atoms with Crippen molar-refractivity contribution in [3.05, 3.63) is 53.6 Å². The Hall–Kier alpha value is -2.42. The number of sulfonamides is 1. The van der Waals surface area contributed by atoms with Gasteiger partial charge in [0.1, 0.15) is 13.2 Å². The molecule has 0 aromatic heterocycles. The topological polar surface area (TPSA) is 64.6 Å². The smallest absolute Gasteiger partial charge is 0.416 e. The number of halogens is 3. The second-order valence-corrected chi connectivity index (χ2v) is 7.57. The van der Waals surface area contributed by atoms with Crippen molar-refractivity contribution >= 4 is 15.7 Å². The predicted octanol–water partition coefficient (Wildman–Crippen LogP) is 3.46. The van der Waals surface area contributed by atoms with E-state index in [0.717, 1.165) is 12.1 Å². The van der Waals surface area contributed by atoms with Gasteiger partial charge in [0.25, 0.3) is 0 Å². The van der Waals surface area contributed by atoms with E-state index >= 15 is 0 Å². The van der Waals surface area contributed by atoms with Crippen molar-refractivity contribution in [2.45, 2.75) is 12.6 Å². The van der Waals surface area contributed by atoms with Crippen LogP contribution in [0.5, 0.6) is 11.5 Å². The molecule has 2 aromatic carbocycles. The molecule has 0 aliphatic carbocycles. The van der Waals surface area contributed by atoms with E-state index in [1.807, 2.05) is 0 Å². The monoisotopic (exact) mass is 387 g/mol. The molecule has 0 unspecified atom stereocenters. The largest absolute Gasteiger partial charge is 0.486 e. The molecule has 9 heteroatoms. The van der Waals surface area contributed by atoms with Crippen LogP contribution >= 0.6 is 0 Å². The summed E-state index contributed by atoms with van der Waals surface area (Å²) in [6.45, 7) is 0.822. The molecule has 0 saturated heterocycles. The number of rotatable bonds is 5. The molecule has 5 nitrogen and oxygen atoms in total. The summed E-state index contributed by atoms with van der Waals surface area (Å²) in [5, 5.41) is 0. The Morgan fingerprint density at radius 3 is 2.27 bits per heavy atom. The number of benzene rings is 2. The molecular weight excluding hydrogens is 371 g/mol. The van der Waals surface area contributed by atoms with Crippen molar-refractivity contribution in [2.24, 2.45) is 0 Å². The third-order valence-electron chi connectivity index (χ3n) is 3.76. The highest BCUT2D eigenvalue weighted by atomic mass is 32.2. The lowest BCUT2D eigenvalue weighted by atomic mass is 10.1. The van der Waals surface area contributed by atoms with Gasteiger partial charge in [0.15, 0.2) is 11.5 Å².